The predicted molar refractivity (Wildman–Crippen MR) is 101 cm³/mol. The molecule has 0 aliphatic carbocycles. The van der Waals surface area contributed by atoms with Gasteiger partial charge in [0.05, 0.1) is 4.92 Å². The van der Waals surface area contributed by atoms with Crippen LogP contribution in [0.1, 0.15) is 35.6 Å². The van der Waals surface area contributed by atoms with Gasteiger partial charge in [-0.3, -0.25) is 24.4 Å². The molecule has 144 valence electrons. The largest absolute Gasteiger partial charge is 0.339 e. The molecule has 2 aromatic rings. The second-order valence-corrected chi connectivity index (χ2v) is 6.04. The summed E-state index contributed by atoms with van der Waals surface area (Å²) in [7, 11) is 0. The number of aryl methyl sites for hydroxylation is 1. The predicted octanol–water partition coefficient (Wildman–Crippen LogP) is 2.53. The smallest absolute Gasteiger partial charge is 0.312 e. The third-order valence-electron chi connectivity index (χ3n) is 4.29. The SMILES string of the molecule is CCN(CC)C(=O)c1ccc(NC(=O)Cn2nc(C)c([N+](=O)[O-])c2C)cc1. The number of nitro groups is 1. The lowest BCUT2D eigenvalue weighted by Crippen LogP contribution is -2.30. The van der Waals surface area contributed by atoms with E-state index in [1.165, 1.54) is 11.6 Å². The van der Waals surface area contributed by atoms with Gasteiger partial charge in [0.25, 0.3) is 5.91 Å². The Labute approximate surface area is 157 Å². The van der Waals surface area contributed by atoms with E-state index in [4.69, 9.17) is 0 Å². The van der Waals surface area contributed by atoms with Crippen molar-refractivity contribution in [2.24, 2.45) is 0 Å². The number of carbonyl (C=O) groups excluding carboxylic acids is 2. The third-order valence-corrected chi connectivity index (χ3v) is 4.29. The summed E-state index contributed by atoms with van der Waals surface area (Å²) < 4.78 is 1.31. The molecule has 0 bridgehead atoms. The standard InChI is InChI=1S/C18H23N5O4/c1-5-21(6-2)18(25)14-7-9-15(10-8-14)19-16(24)11-22-13(4)17(23(26)27)12(3)20-22/h7-10H,5-6,11H2,1-4H3,(H,19,24). The number of benzene rings is 1. The molecule has 2 amide bonds. The summed E-state index contributed by atoms with van der Waals surface area (Å²) in [5.41, 5.74) is 1.59. The molecule has 0 fully saturated rings. The van der Waals surface area contributed by atoms with Crippen LogP contribution in [0, 0.1) is 24.0 Å². The van der Waals surface area contributed by atoms with Crippen LogP contribution >= 0.6 is 0 Å². The Kier molecular flexibility index (Phi) is 6.27. The zero-order valence-corrected chi connectivity index (χ0v) is 15.9. The monoisotopic (exact) mass is 373 g/mol. The highest BCUT2D eigenvalue weighted by Crippen LogP contribution is 2.21. The fourth-order valence-electron chi connectivity index (χ4n) is 2.83. The zero-order chi connectivity index (χ0) is 20.1. The first-order valence-corrected chi connectivity index (χ1v) is 8.66. The van der Waals surface area contributed by atoms with Crippen molar-refractivity contribution < 1.29 is 14.5 Å². The maximum Gasteiger partial charge on any atom is 0.312 e. The summed E-state index contributed by atoms with van der Waals surface area (Å²) in [5.74, 6) is -0.425. The number of anilines is 1. The Morgan fingerprint density at radius 1 is 1.19 bits per heavy atom. The third kappa shape index (κ3) is 4.49. The van der Waals surface area contributed by atoms with Crippen molar-refractivity contribution in [1.82, 2.24) is 14.7 Å². The first kappa shape index (κ1) is 20.1. The number of amides is 2. The van der Waals surface area contributed by atoms with Crippen molar-refractivity contribution in [2.45, 2.75) is 34.2 Å². The minimum absolute atomic E-state index is 0.0622. The molecule has 2 rings (SSSR count). The van der Waals surface area contributed by atoms with Crippen LogP contribution in [0.5, 0.6) is 0 Å². The lowest BCUT2D eigenvalue weighted by molar-refractivity contribution is -0.386. The Morgan fingerprint density at radius 3 is 2.26 bits per heavy atom. The number of carbonyl (C=O) groups is 2. The summed E-state index contributed by atoms with van der Waals surface area (Å²) in [4.78, 5) is 36.7. The number of aromatic nitrogens is 2. The van der Waals surface area contributed by atoms with Crippen molar-refractivity contribution in [2.75, 3.05) is 18.4 Å². The molecule has 0 spiro atoms. The van der Waals surface area contributed by atoms with E-state index in [0.717, 1.165) is 0 Å². The number of nitrogens with one attached hydrogen (secondary N) is 1. The van der Waals surface area contributed by atoms with Gasteiger partial charge < -0.3 is 10.2 Å². The van der Waals surface area contributed by atoms with Gasteiger partial charge in [0.2, 0.25) is 5.91 Å². The molecule has 1 aromatic heterocycles. The fraction of sp³-hybridized carbons (Fsp3) is 0.389. The van der Waals surface area contributed by atoms with Crippen molar-refractivity contribution in [1.29, 1.82) is 0 Å². The van der Waals surface area contributed by atoms with Crippen molar-refractivity contribution in [3.63, 3.8) is 0 Å². The Morgan fingerprint density at radius 2 is 1.78 bits per heavy atom. The summed E-state index contributed by atoms with van der Waals surface area (Å²) in [5, 5.41) is 17.8. The molecule has 9 nitrogen and oxygen atoms in total. The molecule has 0 saturated carbocycles. The Hall–Kier alpha value is -3.23. The van der Waals surface area contributed by atoms with E-state index in [0.29, 0.717) is 30.0 Å². The van der Waals surface area contributed by atoms with Crippen LogP contribution in [-0.4, -0.2) is 44.5 Å². The second-order valence-electron chi connectivity index (χ2n) is 6.04. The fourth-order valence-corrected chi connectivity index (χ4v) is 2.83. The van der Waals surface area contributed by atoms with Crippen molar-refractivity contribution in [3.05, 3.63) is 51.3 Å². The highest BCUT2D eigenvalue weighted by Gasteiger charge is 2.22. The maximum atomic E-state index is 12.3. The Balaban J connectivity index is 2.06. The van der Waals surface area contributed by atoms with Gasteiger partial charge in [-0.1, -0.05) is 0 Å². The number of hydrogen-bond donors (Lipinski definition) is 1. The lowest BCUT2D eigenvalue weighted by Gasteiger charge is -2.18. The normalized spacial score (nSPS) is 10.5. The van der Waals surface area contributed by atoms with Gasteiger partial charge in [0.1, 0.15) is 17.9 Å². The van der Waals surface area contributed by atoms with Gasteiger partial charge in [-0.25, -0.2) is 0 Å². The van der Waals surface area contributed by atoms with Crippen LogP contribution in [-0.2, 0) is 11.3 Å². The van der Waals surface area contributed by atoms with E-state index in [1.54, 1.807) is 36.1 Å². The molecule has 27 heavy (non-hydrogen) atoms. The molecule has 9 heteroatoms. The van der Waals surface area contributed by atoms with Crippen LogP contribution < -0.4 is 5.32 Å². The number of nitrogens with zero attached hydrogens (tertiary/aromatic N) is 4. The highest BCUT2D eigenvalue weighted by molar-refractivity contribution is 5.95. The van der Waals surface area contributed by atoms with E-state index in [1.807, 2.05) is 13.8 Å². The van der Waals surface area contributed by atoms with Crippen LogP contribution in [0.15, 0.2) is 24.3 Å². The van der Waals surface area contributed by atoms with Crippen molar-refractivity contribution >= 4 is 23.2 Å². The van der Waals surface area contributed by atoms with E-state index in [2.05, 4.69) is 10.4 Å². The topological polar surface area (TPSA) is 110 Å². The average molecular weight is 373 g/mol. The molecule has 0 aliphatic rings. The van der Waals surface area contributed by atoms with Gasteiger partial charge in [-0.15, -0.1) is 0 Å². The molecule has 0 radical (unpaired) electrons. The number of hydrogen-bond acceptors (Lipinski definition) is 5. The first-order chi connectivity index (χ1) is 12.8. The Bertz CT molecular complexity index is 853. The minimum Gasteiger partial charge on any atom is -0.339 e. The molecule has 0 unspecified atom stereocenters. The zero-order valence-electron chi connectivity index (χ0n) is 15.9. The van der Waals surface area contributed by atoms with Gasteiger partial charge in [0.15, 0.2) is 0 Å². The van der Waals surface area contributed by atoms with Crippen LogP contribution in [0.25, 0.3) is 0 Å². The molecule has 1 heterocycles. The lowest BCUT2D eigenvalue weighted by atomic mass is 10.1. The van der Waals surface area contributed by atoms with E-state index in [9.17, 15) is 19.7 Å². The first-order valence-electron chi connectivity index (χ1n) is 8.66. The summed E-state index contributed by atoms with van der Waals surface area (Å²) in [6.45, 7) is 8.04. The van der Waals surface area contributed by atoms with Crippen LogP contribution in [0.4, 0.5) is 11.4 Å². The van der Waals surface area contributed by atoms with Gasteiger partial charge in [-0.2, -0.15) is 5.10 Å². The van der Waals surface area contributed by atoms with Gasteiger partial charge >= 0.3 is 5.69 Å². The molecule has 0 aliphatic heterocycles. The summed E-state index contributed by atoms with van der Waals surface area (Å²) in [6.07, 6.45) is 0. The van der Waals surface area contributed by atoms with E-state index >= 15 is 0 Å². The van der Waals surface area contributed by atoms with Crippen LogP contribution in [0.2, 0.25) is 0 Å². The minimum atomic E-state index is -0.502. The average Bonchev–Trinajstić information content (AvgIpc) is 2.89. The molecule has 0 saturated heterocycles. The summed E-state index contributed by atoms with van der Waals surface area (Å²) >= 11 is 0. The van der Waals surface area contributed by atoms with E-state index < -0.39 is 4.92 Å². The van der Waals surface area contributed by atoms with Gasteiger partial charge in [0, 0.05) is 24.3 Å². The van der Waals surface area contributed by atoms with Crippen LogP contribution in [0.3, 0.4) is 0 Å². The molecule has 1 N–H and O–H groups in total. The van der Waals surface area contributed by atoms with E-state index in [-0.39, 0.29) is 29.7 Å². The highest BCUT2D eigenvalue weighted by atomic mass is 16.6. The van der Waals surface area contributed by atoms with Crippen molar-refractivity contribution in [3.8, 4) is 0 Å². The molecule has 0 atom stereocenters. The number of rotatable bonds is 7. The summed E-state index contributed by atoms with van der Waals surface area (Å²) in [6, 6.07) is 6.62. The maximum absolute atomic E-state index is 12.3. The molecule has 1 aromatic carbocycles. The quantitative estimate of drug-likeness (QED) is 0.592. The molecular weight excluding hydrogens is 350 g/mol. The van der Waals surface area contributed by atoms with Gasteiger partial charge in [-0.05, 0) is 52.0 Å². The molecular formula is C18H23N5O4. The second kappa shape index (κ2) is 8.43.